The normalized spacial score (nSPS) is 10.5. The van der Waals surface area contributed by atoms with Gasteiger partial charge in [0.15, 0.2) is 0 Å². The van der Waals surface area contributed by atoms with Crippen LogP contribution in [-0.4, -0.2) is 12.1 Å². The lowest BCUT2D eigenvalue weighted by Gasteiger charge is -1.98. The van der Waals surface area contributed by atoms with Gasteiger partial charge in [-0.2, -0.15) is 0 Å². The molecule has 0 amide bonds. The van der Waals surface area contributed by atoms with Gasteiger partial charge in [-0.15, -0.1) is 11.3 Å². The fourth-order valence-corrected chi connectivity index (χ4v) is 2.08. The fourth-order valence-electron chi connectivity index (χ4n) is 0.993. The molecular weight excluding hydrogens is 194 g/mol. The Labute approximate surface area is 78.8 Å². The first-order valence-corrected chi connectivity index (χ1v) is 4.65. The maximum Gasteiger partial charge on any atom is 0.215 e. The lowest BCUT2D eigenvalue weighted by Crippen LogP contribution is -1.86. The van der Waals surface area contributed by atoms with Crippen molar-refractivity contribution < 1.29 is 4.74 Å². The van der Waals surface area contributed by atoms with E-state index in [2.05, 4.69) is 4.98 Å². The second-order valence-corrected chi connectivity index (χ2v) is 3.59. The molecule has 0 saturated heterocycles. The van der Waals surface area contributed by atoms with Crippen molar-refractivity contribution in [3.8, 4) is 5.88 Å². The van der Waals surface area contributed by atoms with E-state index in [0.717, 1.165) is 10.2 Å². The first-order chi connectivity index (χ1) is 5.81. The first-order valence-electron chi connectivity index (χ1n) is 3.39. The van der Waals surface area contributed by atoms with Gasteiger partial charge in [-0.3, -0.25) is 0 Å². The van der Waals surface area contributed by atoms with Crippen LogP contribution in [0.5, 0.6) is 5.88 Å². The molecule has 2 aromatic heterocycles. The number of nitrogens with zero attached hydrogens (tertiary/aromatic N) is 1. The molecule has 2 rings (SSSR count). The van der Waals surface area contributed by atoms with Crippen LogP contribution in [-0.2, 0) is 0 Å². The number of aromatic nitrogens is 1. The Morgan fingerprint density at radius 1 is 1.58 bits per heavy atom. The molecule has 0 aliphatic rings. The van der Waals surface area contributed by atoms with E-state index in [1.165, 1.54) is 0 Å². The van der Waals surface area contributed by atoms with Gasteiger partial charge >= 0.3 is 0 Å². The minimum atomic E-state index is 0.565. The van der Waals surface area contributed by atoms with Gasteiger partial charge in [0, 0.05) is 11.5 Å². The molecule has 0 aliphatic carbocycles. The van der Waals surface area contributed by atoms with Crippen LogP contribution in [0.3, 0.4) is 0 Å². The molecule has 0 unspecified atom stereocenters. The Morgan fingerprint density at radius 2 is 2.42 bits per heavy atom. The number of thiophene rings is 1. The minimum absolute atomic E-state index is 0.565. The summed E-state index contributed by atoms with van der Waals surface area (Å²) < 4.78 is 4.98. The van der Waals surface area contributed by atoms with Gasteiger partial charge in [0.1, 0.15) is 4.83 Å². The maximum atomic E-state index is 5.97. The molecule has 2 nitrogen and oxygen atoms in total. The van der Waals surface area contributed by atoms with Gasteiger partial charge in [-0.25, -0.2) is 4.98 Å². The molecule has 62 valence electrons. The van der Waals surface area contributed by atoms with E-state index in [0.29, 0.717) is 10.9 Å². The number of methoxy groups -OCH3 is 1. The van der Waals surface area contributed by atoms with Crippen molar-refractivity contribution in [2.75, 3.05) is 7.11 Å². The van der Waals surface area contributed by atoms with Gasteiger partial charge in [-0.05, 0) is 11.4 Å². The molecule has 0 N–H and O–H groups in total. The largest absolute Gasteiger partial charge is 0.481 e. The van der Waals surface area contributed by atoms with E-state index in [9.17, 15) is 0 Å². The quantitative estimate of drug-likeness (QED) is 0.705. The molecule has 0 fully saturated rings. The molecule has 0 bridgehead atoms. The Bertz CT molecular complexity index is 412. The van der Waals surface area contributed by atoms with Crippen molar-refractivity contribution in [3.63, 3.8) is 0 Å². The van der Waals surface area contributed by atoms with Crippen LogP contribution >= 0.6 is 22.9 Å². The molecule has 2 heterocycles. The number of fused-ring (bicyclic) bond motifs is 1. The van der Waals surface area contributed by atoms with Gasteiger partial charge in [0.2, 0.25) is 5.88 Å². The molecule has 0 radical (unpaired) electrons. The summed E-state index contributed by atoms with van der Waals surface area (Å²) in [7, 11) is 1.58. The maximum absolute atomic E-state index is 5.97. The molecule has 0 aromatic carbocycles. The predicted octanol–water partition coefficient (Wildman–Crippen LogP) is 2.96. The van der Waals surface area contributed by atoms with Crippen LogP contribution in [0.25, 0.3) is 10.2 Å². The smallest absolute Gasteiger partial charge is 0.215 e. The second-order valence-electron chi connectivity index (χ2n) is 2.29. The van der Waals surface area contributed by atoms with E-state index < -0.39 is 0 Å². The second kappa shape index (κ2) is 2.92. The van der Waals surface area contributed by atoms with Crippen molar-refractivity contribution in [3.05, 3.63) is 22.5 Å². The van der Waals surface area contributed by atoms with E-state index >= 15 is 0 Å². The summed E-state index contributed by atoms with van der Waals surface area (Å²) in [5.74, 6) is 0.565. The van der Waals surface area contributed by atoms with E-state index in [4.69, 9.17) is 16.3 Å². The van der Waals surface area contributed by atoms with Crippen molar-refractivity contribution in [2.24, 2.45) is 0 Å². The number of ether oxygens (including phenoxy) is 1. The van der Waals surface area contributed by atoms with Crippen molar-refractivity contribution in [1.82, 2.24) is 4.98 Å². The molecule has 0 aliphatic heterocycles. The zero-order valence-corrected chi connectivity index (χ0v) is 7.95. The summed E-state index contributed by atoms with van der Waals surface area (Å²) in [6.45, 7) is 0. The van der Waals surface area contributed by atoms with Gasteiger partial charge < -0.3 is 4.74 Å². The summed E-state index contributed by atoms with van der Waals surface area (Å²) in [4.78, 5) is 5.14. The number of hydrogen-bond donors (Lipinski definition) is 0. The number of rotatable bonds is 1. The zero-order chi connectivity index (χ0) is 8.55. The van der Waals surface area contributed by atoms with E-state index in [-0.39, 0.29) is 0 Å². The summed E-state index contributed by atoms with van der Waals surface area (Å²) in [6.07, 6.45) is 0. The Balaban J connectivity index is 2.75. The average molecular weight is 200 g/mol. The van der Waals surface area contributed by atoms with Gasteiger partial charge in [0.25, 0.3) is 0 Å². The fraction of sp³-hybridized carbons (Fsp3) is 0.125. The number of halogens is 1. The van der Waals surface area contributed by atoms with Crippen LogP contribution in [0, 0.1) is 0 Å². The highest BCUT2D eigenvalue weighted by Gasteiger charge is 2.04. The molecular formula is C8H6ClNOS. The highest BCUT2D eigenvalue weighted by molar-refractivity contribution is 7.16. The molecule has 0 spiro atoms. The van der Waals surface area contributed by atoms with Crippen molar-refractivity contribution >= 4 is 33.2 Å². The average Bonchev–Trinajstić information content (AvgIpc) is 2.52. The molecule has 12 heavy (non-hydrogen) atoms. The van der Waals surface area contributed by atoms with E-state index in [1.807, 2.05) is 11.4 Å². The topological polar surface area (TPSA) is 22.1 Å². The summed E-state index contributed by atoms with van der Waals surface area (Å²) in [6, 6.07) is 3.67. The zero-order valence-electron chi connectivity index (χ0n) is 6.37. The summed E-state index contributed by atoms with van der Waals surface area (Å²) >= 11 is 7.52. The lowest BCUT2D eigenvalue weighted by molar-refractivity contribution is 0.400. The summed E-state index contributed by atoms with van der Waals surface area (Å²) in [5.41, 5.74) is 0. The van der Waals surface area contributed by atoms with Crippen molar-refractivity contribution in [2.45, 2.75) is 0 Å². The molecule has 2 aromatic rings. The van der Waals surface area contributed by atoms with Gasteiger partial charge in [0.05, 0.1) is 12.1 Å². The third-order valence-electron chi connectivity index (χ3n) is 1.57. The molecule has 0 saturated carbocycles. The highest BCUT2D eigenvalue weighted by Crippen LogP contribution is 2.29. The Hall–Kier alpha value is -0.800. The minimum Gasteiger partial charge on any atom is -0.481 e. The predicted molar refractivity (Wildman–Crippen MR) is 51.2 cm³/mol. The SMILES string of the molecule is COc1cc(Cl)c2ccsc2n1. The van der Waals surface area contributed by atoms with Crippen LogP contribution in [0.1, 0.15) is 0 Å². The van der Waals surface area contributed by atoms with Crippen LogP contribution in [0.15, 0.2) is 17.5 Å². The Morgan fingerprint density at radius 3 is 3.17 bits per heavy atom. The molecule has 4 heteroatoms. The number of pyridine rings is 1. The lowest BCUT2D eigenvalue weighted by atomic mass is 10.3. The monoisotopic (exact) mass is 199 g/mol. The van der Waals surface area contributed by atoms with Crippen LogP contribution < -0.4 is 4.74 Å². The third kappa shape index (κ3) is 1.15. The van der Waals surface area contributed by atoms with Gasteiger partial charge in [-0.1, -0.05) is 11.6 Å². The van der Waals surface area contributed by atoms with Crippen LogP contribution in [0.4, 0.5) is 0 Å². The number of hydrogen-bond acceptors (Lipinski definition) is 3. The third-order valence-corrected chi connectivity index (χ3v) is 2.69. The molecule has 0 atom stereocenters. The Kier molecular flexibility index (Phi) is 1.90. The van der Waals surface area contributed by atoms with Crippen molar-refractivity contribution in [1.29, 1.82) is 0 Å². The summed E-state index contributed by atoms with van der Waals surface area (Å²) in [5, 5.41) is 3.64. The van der Waals surface area contributed by atoms with Crippen LogP contribution in [0.2, 0.25) is 5.02 Å². The first kappa shape index (κ1) is 7.83. The standard InChI is InChI=1S/C8H6ClNOS/c1-11-7-4-6(9)5-2-3-12-8(5)10-7/h2-4H,1H3. The highest BCUT2D eigenvalue weighted by atomic mass is 35.5. The van der Waals surface area contributed by atoms with E-state index in [1.54, 1.807) is 24.5 Å².